The summed E-state index contributed by atoms with van der Waals surface area (Å²) in [4.78, 5) is 14.7. The SMILES string of the molecule is CCCC(C(=O)N(C)C1CCCC(C)C1)C(N)=S. The molecule has 0 aromatic carbocycles. The molecule has 4 heteroatoms. The van der Waals surface area contributed by atoms with Gasteiger partial charge in [0.05, 0.1) is 10.9 Å². The summed E-state index contributed by atoms with van der Waals surface area (Å²) >= 11 is 5.03. The second kappa shape index (κ2) is 7.07. The first-order chi connectivity index (χ1) is 8.47. The van der Waals surface area contributed by atoms with Gasteiger partial charge in [0.25, 0.3) is 0 Å². The number of hydrogen-bond donors (Lipinski definition) is 1. The minimum atomic E-state index is -0.271. The number of thiocarbonyl (C=S) groups is 1. The van der Waals surface area contributed by atoms with Crippen molar-refractivity contribution in [2.75, 3.05) is 7.05 Å². The van der Waals surface area contributed by atoms with Crippen LogP contribution in [0, 0.1) is 11.8 Å². The van der Waals surface area contributed by atoms with Crippen LogP contribution in [-0.2, 0) is 4.79 Å². The van der Waals surface area contributed by atoms with Crippen molar-refractivity contribution in [3.63, 3.8) is 0 Å². The molecule has 0 saturated heterocycles. The Balaban J connectivity index is 2.65. The Hall–Kier alpha value is -0.640. The molecule has 104 valence electrons. The number of carbonyl (C=O) groups is 1. The number of nitrogens with zero attached hydrogens (tertiary/aromatic N) is 1. The molecule has 2 N–H and O–H groups in total. The van der Waals surface area contributed by atoms with Crippen LogP contribution in [0.3, 0.4) is 0 Å². The van der Waals surface area contributed by atoms with Crippen LogP contribution in [0.25, 0.3) is 0 Å². The van der Waals surface area contributed by atoms with Crippen molar-refractivity contribution in [3.05, 3.63) is 0 Å². The maximum atomic E-state index is 12.4. The highest BCUT2D eigenvalue weighted by molar-refractivity contribution is 7.80. The quantitative estimate of drug-likeness (QED) is 0.781. The van der Waals surface area contributed by atoms with E-state index >= 15 is 0 Å². The average molecular weight is 270 g/mol. The Morgan fingerprint density at radius 1 is 1.50 bits per heavy atom. The van der Waals surface area contributed by atoms with Gasteiger partial charge in [-0.1, -0.05) is 45.3 Å². The molecular formula is C14H26N2OS. The maximum absolute atomic E-state index is 12.4. The molecule has 0 heterocycles. The van der Waals surface area contributed by atoms with Gasteiger partial charge in [0.15, 0.2) is 0 Å². The summed E-state index contributed by atoms with van der Waals surface area (Å²) in [6.45, 7) is 4.32. The lowest BCUT2D eigenvalue weighted by atomic mass is 9.86. The Labute approximate surface area is 116 Å². The lowest BCUT2D eigenvalue weighted by molar-refractivity contribution is -0.135. The molecule has 0 bridgehead atoms. The van der Waals surface area contributed by atoms with Crippen molar-refractivity contribution in [2.45, 2.75) is 58.4 Å². The Morgan fingerprint density at radius 3 is 2.67 bits per heavy atom. The zero-order valence-corrected chi connectivity index (χ0v) is 12.6. The molecule has 1 aliphatic rings. The molecule has 18 heavy (non-hydrogen) atoms. The predicted molar refractivity (Wildman–Crippen MR) is 79.4 cm³/mol. The summed E-state index contributed by atoms with van der Waals surface area (Å²) in [7, 11) is 1.91. The van der Waals surface area contributed by atoms with E-state index in [1.54, 1.807) is 0 Å². The van der Waals surface area contributed by atoms with E-state index in [2.05, 4.69) is 13.8 Å². The first-order valence-electron chi connectivity index (χ1n) is 7.03. The Kier molecular flexibility index (Phi) is 6.06. The Morgan fingerprint density at radius 2 is 2.17 bits per heavy atom. The third-order valence-corrected chi connectivity index (χ3v) is 4.31. The van der Waals surface area contributed by atoms with Gasteiger partial charge < -0.3 is 10.6 Å². The van der Waals surface area contributed by atoms with E-state index < -0.39 is 0 Å². The second-order valence-electron chi connectivity index (χ2n) is 5.62. The normalized spacial score (nSPS) is 25.5. The highest BCUT2D eigenvalue weighted by atomic mass is 32.1. The van der Waals surface area contributed by atoms with Gasteiger partial charge in [-0.2, -0.15) is 0 Å². The molecule has 1 aliphatic carbocycles. The van der Waals surface area contributed by atoms with Gasteiger partial charge in [0.1, 0.15) is 0 Å². The molecule has 1 fully saturated rings. The van der Waals surface area contributed by atoms with Crippen molar-refractivity contribution in [1.29, 1.82) is 0 Å². The maximum Gasteiger partial charge on any atom is 0.232 e. The largest absolute Gasteiger partial charge is 0.393 e. The monoisotopic (exact) mass is 270 g/mol. The third-order valence-electron chi connectivity index (χ3n) is 4.02. The smallest absolute Gasteiger partial charge is 0.232 e. The molecule has 0 aromatic rings. The molecule has 1 rings (SSSR count). The van der Waals surface area contributed by atoms with Crippen molar-refractivity contribution in [2.24, 2.45) is 17.6 Å². The molecule has 1 saturated carbocycles. The molecular weight excluding hydrogens is 244 g/mol. The van der Waals surface area contributed by atoms with E-state index in [9.17, 15) is 4.79 Å². The minimum absolute atomic E-state index is 0.114. The van der Waals surface area contributed by atoms with Gasteiger partial charge in [-0.05, 0) is 25.2 Å². The van der Waals surface area contributed by atoms with Crippen molar-refractivity contribution >= 4 is 23.1 Å². The van der Waals surface area contributed by atoms with Crippen molar-refractivity contribution in [1.82, 2.24) is 4.90 Å². The van der Waals surface area contributed by atoms with Crippen LogP contribution in [0.5, 0.6) is 0 Å². The van der Waals surface area contributed by atoms with E-state index in [-0.39, 0.29) is 11.8 Å². The summed E-state index contributed by atoms with van der Waals surface area (Å²) in [5.41, 5.74) is 5.70. The minimum Gasteiger partial charge on any atom is -0.393 e. The number of nitrogens with two attached hydrogens (primary N) is 1. The molecule has 3 unspecified atom stereocenters. The van der Waals surface area contributed by atoms with E-state index in [1.165, 1.54) is 12.8 Å². The molecule has 0 aromatic heterocycles. The molecule has 0 aliphatic heterocycles. The van der Waals surface area contributed by atoms with E-state index in [0.29, 0.717) is 16.9 Å². The lowest BCUT2D eigenvalue weighted by Gasteiger charge is -2.35. The van der Waals surface area contributed by atoms with Gasteiger partial charge >= 0.3 is 0 Å². The lowest BCUT2D eigenvalue weighted by Crippen LogP contribution is -2.45. The number of hydrogen-bond acceptors (Lipinski definition) is 2. The zero-order valence-electron chi connectivity index (χ0n) is 11.8. The number of carbonyl (C=O) groups excluding carboxylic acids is 1. The van der Waals surface area contributed by atoms with Crippen molar-refractivity contribution in [3.8, 4) is 0 Å². The van der Waals surface area contributed by atoms with Gasteiger partial charge in [-0.15, -0.1) is 0 Å². The van der Waals surface area contributed by atoms with Crippen molar-refractivity contribution < 1.29 is 4.79 Å². The van der Waals surface area contributed by atoms with Gasteiger partial charge in [-0.3, -0.25) is 4.79 Å². The third kappa shape index (κ3) is 3.94. The predicted octanol–water partition coefficient (Wildman–Crippen LogP) is 2.73. The van der Waals surface area contributed by atoms with E-state index in [0.717, 1.165) is 25.7 Å². The van der Waals surface area contributed by atoms with E-state index in [4.69, 9.17) is 18.0 Å². The van der Waals surface area contributed by atoms with Crippen LogP contribution in [0.1, 0.15) is 52.4 Å². The summed E-state index contributed by atoms with van der Waals surface area (Å²) < 4.78 is 0. The summed E-state index contributed by atoms with van der Waals surface area (Å²) in [6.07, 6.45) is 6.42. The zero-order chi connectivity index (χ0) is 13.7. The topological polar surface area (TPSA) is 46.3 Å². The standard InChI is InChI=1S/C14H26N2OS/c1-4-6-12(13(15)18)14(17)16(3)11-8-5-7-10(2)9-11/h10-12H,4-9H2,1-3H3,(H2,15,18). The van der Waals surface area contributed by atoms with Gasteiger partial charge in [0, 0.05) is 13.1 Å². The Bertz CT molecular complexity index is 306. The molecule has 0 spiro atoms. The number of rotatable bonds is 5. The fraction of sp³-hybridized carbons (Fsp3) is 0.857. The van der Waals surface area contributed by atoms with Gasteiger partial charge in [0.2, 0.25) is 5.91 Å². The average Bonchev–Trinajstić information content (AvgIpc) is 2.33. The molecule has 1 amide bonds. The second-order valence-corrected chi connectivity index (χ2v) is 6.09. The summed E-state index contributed by atoms with van der Waals surface area (Å²) in [5, 5.41) is 0. The molecule has 0 radical (unpaired) electrons. The summed E-state index contributed by atoms with van der Waals surface area (Å²) in [5.74, 6) is 0.559. The van der Waals surface area contributed by atoms with Crippen LogP contribution < -0.4 is 5.73 Å². The highest BCUT2D eigenvalue weighted by Crippen LogP contribution is 2.27. The van der Waals surface area contributed by atoms with Crippen LogP contribution in [0.15, 0.2) is 0 Å². The van der Waals surface area contributed by atoms with Crippen LogP contribution in [0.2, 0.25) is 0 Å². The number of amides is 1. The van der Waals surface area contributed by atoms with Crippen LogP contribution in [0.4, 0.5) is 0 Å². The highest BCUT2D eigenvalue weighted by Gasteiger charge is 2.30. The first-order valence-corrected chi connectivity index (χ1v) is 7.44. The van der Waals surface area contributed by atoms with E-state index in [1.807, 2.05) is 11.9 Å². The van der Waals surface area contributed by atoms with Crippen LogP contribution in [-0.4, -0.2) is 28.9 Å². The van der Waals surface area contributed by atoms with Crippen LogP contribution >= 0.6 is 12.2 Å². The first kappa shape index (κ1) is 15.4. The molecule has 3 nitrogen and oxygen atoms in total. The molecule has 3 atom stereocenters. The summed E-state index contributed by atoms with van der Waals surface area (Å²) in [6, 6.07) is 0.370. The van der Waals surface area contributed by atoms with Gasteiger partial charge in [-0.25, -0.2) is 0 Å². The fourth-order valence-corrected chi connectivity index (χ4v) is 3.07. The fourth-order valence-electron chi connectivity index (χ4n) is 2.86.